The van der Waals surface area contributed by atoms with Crippen LogP contribution < -0.4 is 4.90 Å². The highest BCUT2D eigenvalue weighted by Crippen LogP contribution is 2.33. The molecular weight excluding hydrogens is 246 g/mol. The zero-order valence-electron chi connectivity index (χ0n) is 11.6. The molecule has 3 heteroatoms. The molecule has 0 radical (unpaired) electrons. The maximum atomic E-state index is 9.55. The number of hydrogen-bond acceptors (Lipinski definition) is 2. The molecule has 0 amide bonds. The molecule has 1 aromatic rings. The minimum atomic E-state index is -0.501. The Bertz CT molecular complexity index is 421. The molecule has 1 N–H and O–H groups in total. The van der Waals surface area contributed by atoms with E-state index < -0.39 is 6.10 Å². The monoisotopic (exact) mass is 267 g/mol. The Hall–Kier alpha value is -0.990. The lowest BCUT2D eigenvalue weighted by Crippen LogP contribution is -2.41. The summed E-state index contributed by atoms with van der Waals surface area (Å²) in [7, 11) is 0. The molecule has 18 heavy (non-hydrogen) atoms. The third kappa shape index (κ3) is 3.50. The summed E-state index contributed by atoms with van der Waals surface area (Å²) in [5, 5.41) is 10.2. The zero-order valence-corrected chi connectivity index (χ0v) is 12.3. The van der Waals surface area contributed by atoms with Gasteiger partial charge < -0.3 is 10.0 Å². The van der Waals surface area contributed by atoms with Crippen LogP contribution in [0.4, 0.5) is 5.69 Å². The summed E-state index contributed by atoms with van der Waals surface area (Å²) >= 11 is 6.32. The van der Waals surface area contributed by atoms with Gasteiger partial charge in [0.25, 0.3) is 0 Å². The summed E-state index contributed by atoms with van der Waals surface area (Å²) in [6, 6.07) is 5.69. The molecule has 2 nitrogen and oxygen atoms in total. The molecule has 0 spiro atoms. The van der Waals surface area contributed by atoms with Crippen molar-refractivity contribution in [2.45, 2.75) is 39.3 Å². The van der Waals surface area contributed by atoms with Gasteiger partial charge in [0.1, 0.15) is 0 Å². The number of benzene rings is 1. The molecule has 1 aromatic carbocycles. The van der Waals surface area contributed by atoms with Crippen LogP contribution in [-0.4, -0.2) is 17.2 Å². The minimum Gasteiger partial charge on any atom is -0.389 e. The van der Waals surface area contributed by atoms with Crippen molar-refractivity contribution < 1.29 is 5.11 Å². The molecule has 0 saturated heterocycles. The third-order valence-corrected chi connectivity index (χ3v) is 3.17. The van der Waals surface area contributed by atoms with E-state index in [1.165, 1.54) is 0 Å². The molecule has 0 saturated carbocycles. The number of halogens is 1. The standard InChI is InChI=1S/C15H22ClNO/c1-6-9-17(15(3,4)5)14-8-7-12(11(2)18)10-13(14)16/h6-8,10-11,18H,1,9H2,2-5H3. The molecule has 1 atom stereocenters. The van der Waals surface area contributed by atoms with Gasteiger partial charge in [-0.3, -0.25) is 0 Å². The summed E-state index contributed by atoms with van der Waals surface area (Å²) in [5.74, 6) is 0. The van der Waals surface area contributed by atoms with Gasteiger partial charge in [-0.25, -0.2) is 0 Å². The van der Waals surface area contributed by atoms with Crippen molar-refractivity contribution in [2.75, 3.05) is 11.4 Å². The first-order valence-electron chi connectivity index (χ1n) is 6.13. The summed E-state index contributed by atoms with van der Waals surface area (Å²) in [6.07, 6.45) is 1.36. The van der Waals surface area contributed by atoms with E-state index >= 15 is 0 Å². The molecule has 0 aliphatic rings. The first kappa shape index (κ1) is 15.1. The number of nitrogens with zero attached hydrogens (tertiary/aromatic N) is 1. The lowest BCUT2D eigenvalue weighted by Gasteiger charge is -2.37. The quantitative estimate of drug-likeness (QED) is 0.827. The highest BCUT2D eigenvalue weighted by Gasteiger charge is 2.22. The molecule has 0 fully saturated rings. The average Bonchev–Trinajstić information content (AvgIpc) is 2.24. The summed E-state index contributed by atoms with van der Waals surface area (Å²) in [4.78, 5) is 2.19. The Labute approximate surface area is 115 Å². The second kappa shape index (κ2) is 5.77. The van der Waals surface area contributed by atoms with E-state index in [2.05, 4.69) is 32.3 Å². The Balaban J connectivity index is 3.18. The van der Waals surface area contributed by atoms with Crippen molar-refractivity contribution in [1.82, 2.24) is 0 Å². The Morgan fingerprint density at radius 2 is 2.06 bits per heavy atom. The van der Waals surface area contributed by atoms with E-state index in [-0.39, 0.29) is 5.54 Å². The SMILES string of the molecule is C=CCN(c1ccc(C(C)O)cc1Cl)C(C)(C)C. The predicted octanol–water partition coefficient (Wildman–Crippen LogP) is 4.18. The molecule has 1 rings (SSSR count). The van der Waals surface area contributed by atoms with E-state index in [0.717, 1.165) is 17.8 Å². The van der Waals surface area contributed by atoms with Gasteiger partial charge in [-0.15, -0.1) is 6.58 Å². The smallest absolute Gasteiger partial charge is 0.0762 e. The minimum absolute atomic E-state index is 0.0375. The second-order valence-electron chi connectivity index (χ2n) is 5.46. The topological polar surface area (TPSA) is 23.5 Å². The number of aliphatic hydroxyl groups is 1. The van der Waals surface area contributed by atoms with E-state index in [1.807, 2.05) is 24.3 Å². The largest absolute Gasteiger partial charge is 0.389 e. The first-order valence-corrected chi connectivity index (χ1v) is 6.51. The molecule has 1 unspecified atom stereocenters. The number of aliphatic hydroxyl groups excluding tert-OH is 1. The summed E-state index contributed by atoms with van der Waals surface area (Å²) in [6.45, 7) is 12.7. The lowest BCUT2D eigenvalue weighted by atomic mass is 10.0. The van der Waals surface area contributed by atoms with Gasteiger partial charge in [-0.2, -0.15) is 0 Å². The van der Waals surface area contributed by atoms with E-state index in [9.17, 15) is 5.11 Å². The van der Waals surface area contributed by atoms with Crippen LogP contribution in [0, 0.1) is 0 Å². The van der Waals surface area contributed by atoms with Gasteiger partial charge in [0, 0.05) is 12.1 Å². The van der Waals surface area contributed by atoms with Gasteiger partial charge in [-0.1, -0.05) is 23.7 Å². The number of anilines is 1. The maximum Gasteiger partial charge on any atom is 0.0762 e. The third-order valence-electron chi connectivity index (χ3n) is 2.87. The Morgan fingerprint density at radius 1 is 1.44 bits per heavy atom. The van der Waals surface area contributed by atoms with Gasteiger partial charge >= 0.3 is 0 Å². The Kier molecular flexibility index (Phi) is 4.83. The summed E-state index contributed by atoms with van der Waals surface area (Å²) < 4.78 is 0. The number of rotatable bonds is 4. The fraction of sp³-hybridized carbons (Fsp3) is 0.467. The molecule has 100 valence electrons. The highest BCUT2D eigenvalue weighted by molar-refractivity contribution is 6.33. The molecular formula is C15H22ClNO. The van der Waals surface area contributed by atoms with Crippen LogP contribution in [0.1, 0.15) is 39.4 Å². The van der Waals surface area contributed by atoms with Crippen LogP contribution in [0.3, 0.4) is 0 Å². The van der Waals surface area contributed by atoms with Crippen LogP contribution >= 0.6 is 11.6 Å². The lowest BCUT2D eigenvalue weighted by molar-refractivity contribution is 0.199. The van der Waals surface area contributed by atoms with Gasteiger partial charge in [-0.05, 0) is 45.4 Å². The first-order chi connectivity index (χ1) is 8.27. The van der Waals surface area contributed by atoms with Crippen molar-refractivity contribution in [3.63, 3.8) is 0 Å². The molecule has 0 bridgehead atoms. The van der Waals surface area contributed by atoms with Gasteiger partial charge in [0.15, 0.2) is 0 Å². The van der Waals surface area contributed by atoms with E-state index in [4.69, 9.17) is 11.6 Å². The van der Waals surface area contributed by atoms with E-state index in [0.29, 0.717) is 5.02 Å². The predicted molar refractivity (Wildman–Crippen MR) is 79.4 cm³/mol. The highest BCUT2D eigenvalue weighted by atomic mass is 35.5. The van der Waals surface area contributed by atoms with E-state index in [1.54, 1.807) is 6.92 Å². The maximum absolute atomic E-state index is 9.55. The van der Waals surface area contributed by atoms with Crippen molar-refractivity contribution in [3.05, 3.63) is 41.4 Å². The van der Waals surface area contributed by atoms with Crippen molar-refractivity contribution in [1.29, 1.82) is 0 Å². The normalized spacial score (nSPS) is 13.2. The van der Waals surface area contributed by atoms with Crippen molar-refractivity contribution in [3.8, 4) is 0 Å². The fourth-order valence-corrected chi connectivity index (χ4v) is 2.16. The second-order valence-corrected chi connectivity index (χ2v) is 5.86. The Morgan fingerprint density at radius 3 is 2.44 bits per heavy atom. The summed E-state index contributed by atoms with van der Waals surface area (Å²) in [5.41, 5.74) is 1.76. The van der Waals surface area contributed by atoms with Crippen LogP contribution in [0.2, 0.25) is 5.02 Å². The van der Waals surface area contributed by atoms with Gasteiger partial charge in [0.05, 0.1) is 16.8 Å². The van der Waals surface area contributed by atoms with Crippen molar-refractivity contribution >= 4 is 17.3 Å². The van der Waals surface area contributed by atoms with Crippen LogP contribution in [0.15, 0.2) is 30.9 Å². The zero-order chi connectivity index (χ0) is 13.9. The number of hydrogen-bond donors (Lipinski definition) is 1. The fourth-order valence-electron chi connectivity index (χ4n) is 1.86. The van der Waals surface area contributed by atoms with Crippen molar-refractivity contribution in [2.24, 2.45) is 0 Å². The molecule has 0 heterocycles. The van der Waals surface area contributed by atoms with Crippen LogP contribution in [0.25, 0.3) is 0 Å². The average molecular weight is 268 g/mol. The van der Waals surface area contributed by atoms with Gasteiger partial charge in [0.2, 0.25) is 0 Å². The molecule has 0 aliphatic carbocycles. The molecule has 0 aromatic heterocycles. The van der Waals surface area contributed by atoms with Crippen LogP contribution in [0.5, 0.6) is 0 Å². The molecule has 0 aliphatic heterocycles. The van der Waals surface area contributed by atoms with Crippen LogP contribution in [-0.2, 0) is 0 Å².